The molecule has 1 aliphatic carbocycles. The molecule has 1 aliphatic rings. The molecular formula is C25H14N2O. The van der Waals surface area contributed by atoms with Gasteiger partial charge < -0.3 is 9.97 Å². The van der Waals surface area contributed by atoms with Gasteiger partial charge in [0.05, 0.1) is 11.0 Å². The number of aromatic amines is 2. The fourth-order valence-corrected chi connectivity index (χ4v) is 4.88. The van der Waals surface area contributed by atoms with Gasteiger partial charge in [0.15, 0.2) is 5.78 Å². The van der Waals surface area contributed by atoms with Gasteiger partial charge in [0.2, 0.25) is 0 Å². The number of ketones is 1. The smallest absolute Gasteiger partial charge is 0.194 e. The zero-order valence-electron chi connectivity index (χ0n) is 14.8. The Kier molecular flexibility index (Phi) is 2.39. The summed E-state index contributed by atoms with van der Waals surface area (Å²) in [5, 5.41) is 4.68. The zero-order valence-corrected chi connectivity index (χ0v) is 14.8. The van der Waals surface area contributed by atoms with E-state index in [2.05, 4.69) is 58.5 Å². The Labute approximate surface area is 159 Å². The van der Waals surface area contributed by atoms with E-state index in [-0.39, 0.29) is 5.78 Å². The number of rotatable bonds is 0. The van der Waals surface area contributed by atoms with Crippen molar-refractivity contribution in [3.63, 3.8) is 0 Å². The summed E-state index contributed by atoms with van der Waals surface area (Å²) in [6.07, 6.45) is 0. The van der Waals surface area contributed by atoms with Gasteiger partial charge in [0, 0.05) is 54.8 Å². The summed E-state index contributed by atoms with van der Waals surface area (Å²) in [4.78, 5) is 20.3. The highest BCUT2D eigenvalue weighted by molar-refractivity contribution is 6.32. The molecule has 0 unspecified atom stereocenters. The van der Waals surface area contributed by atoms with Crippen molar-refractivity contribution in [2.75, 3.05) is 0 Å². The fraction of sp³-hybridized carbons (Fsp3) is 0. The highest BCUT2D eigenvalue weighted by Gasteiger charge is 2.31. The highest BCUT2D eigenvalue weighted by atomic mass is 16.1. The second-order valence-corrected chi connectivity index (χ2v) is 7.49. The summed E-state index contributed by atoms with van der Waals surface area (Å²) in [5.74, 6) is 0.103. The molecule has 2 aromatic heterocycles. The van der Waals surface area contributed by atoms with E-state index < -0.39 is 0 Å². The van der Waals surface area contributed by atoms with Crippen molar-refractivity contribution >= 4 is 49.4 Å². The number of fused-ring (bicyclic) bond motifs is 11. The van der Waals surface area contributed by atoms with Gasteiger partial charge in [0.1, 0.15) is 0 Å². The van der Waals surface area contributed by atoms with Crippen LogP contribution in [0.3, 0.4) is 0 Å². The van der Waals surface area contributed by atoms with Crippen LogP contribution in [0.1, 0.15) is 15.9 Å². The topological polar surface area (TPSA) is 48.6 Å². The minimum atomic E-state index is 0.103. The van der Waals surface area contributed by atoms with Gasteiger partial charge in [0.25, 0.3) is 0 Å². The first-order valence-corrected chi connectivity index (χ1v) is 9.43. The van der Waals surface area contributed by atoms with Crippen LogP contribution < -0.4 is 0 Å². The molecule has 0 saturated heterocycles. The number of hydrogen-bond acceptors (Lipinski definition) is 1. The molecule has 3 heteroatoms. The number of aromatic nitrogens is 2. The lowest BCUT2D eigenvalue weighted by Crippen LogP contribution is -1.94. The molecule has 7 rings (SSSR count). The Bertz CT molecular complexity index is 1510. The van der Waals surface area contributed by atoms with E-state index in [1.165, 1.54) is 10.8 Å². The summed E-state index contributed by atoms with van der Waals surface area (Å²) < 4.78 is 0. The van der Waals surface area contributed by atoms with Gasteiger partial charge in [-0.1, -0.05) is 48.5 Å². The molecule has 28 heavy (non-hydrogen) atoms. The first-order chi connectivity index (χ1) is 13.8. The molecule has 0 amide bonds. The van der Waals surface area contributed by atoms with Crippen molar-refractivity contribution in [1.82, 2.24) is 9.97 Å². The van der Waals surface area contributed by atoms with E-state index in [0.717, 1.165) is 55.1 Å². The van der Waals surface area contributed by atoms with Crippen molar-refractivity contribution < 1.29 is 4.79 Å². The Balaban J connectivity index is 1.72. The van der Waals surface area contributed by atoms with E-state index in [9.17, 15) is 4.79 Å². The van der Waals surface area contributed by atoms with E-state index >= 15 is 0 Å². The summed E-state index contributed by atoms with van der Waals surface area (Å²) in [7, 11) is 0. The molecule has 0 atom stereocenters. The summed E-state index contributed by atoms with van der Waals surface area (Å²) >= 11 is 0. The van der Waals surface area contributed by atoms with Crippen molar-refractivity contribution in [2.45, 2.75) is 0 Å². The summed E-state index contributed by atoms with van der Waals surface area (Å²) in [5.41, 5.74) is 7.86. The molecule has 130 valence electrons. The average Bonchev–Trinajstić information content (AvgIpc) is 3.38. The standard InChI is InChI=1S/C25H14N2O/c28-25-17-11-9-15-13-5-1-3-7-19(13)26-23(15)21(17)22-18(25)12-10-16-14-6-2-4-8-20(14)27-24(16)22/h1-12,26-27H. The van der Waals surface area contributed by atoms with E-state index in [0.29, 0.717) is 0 Å². The number of H-pyrrole nitrogens is 2. The second-order valence-electron chi connectivity index (χ2n) is 7.49. The van der Waals surface area contributed by atoms with E-state index in [1.54, 1.807) is 0 Å². The van der Waals surface area contributed by atoms with Crippen LogP contribution in [-0.2, 0) is 0 Å². The van der Waals surface area contributed by atoms with Crippen LogP contribution in [0.4, 0.5) is 0 Å². The van der Waals surface area contributed by atoms with Gasteiger partial charge in [-0.25, -0.2) is 0 Å². The van der Waals surface area contributed by atoms with Crippen molar-refractivity contribution in [2.24, 2.45) is 0 Å². The number of carbonyl (C=O) groups excluding carboxylic acids is 1. The minimum Gasteiger partial charge on any atom is -0.354 e. The van der Waals surface area contributed by atoms with Crippen LogP contribution in [0.25, 0.3) is 54.7 Å². The molecule has 0 radical (unpaired) electrons. The van der Waals surface area contributed by atoms with Crippen molar-refractivity contribution in [3.8, 4) is 11.1 Å². The van der Waals surface area contributed by atoms with Gasteiger partial charge >= 0.3 is 0 Å². The quantitative estimate of drug-likeness (QED) is 0.335. The zero-order chi connectivity index (χ0) is 18.4. The molecule has 2 N–H and O–H groups in total. The average molecular weight is 358 g/mol. The van der Waals surface area contributed by atoms with Crippen LogP contribution in [0, 0.1) is 0 Å². The van der Waals surface area contributed by atoms with Crippen LogP contribution >= 0.6 is 0 Å². The molecule has 3 nitrogen and oxygen atoms in total. The lowest BCUT2D eigenvalue weighted by atomic mass is 9.99. The Morgan fingerprint density at radius 2 is 0.964 bits per heavy atom. The number of nitrogens with one attached hydrogen (secondary N) is 2. The minimum absolute atomic E-state index is 0.103. The maximum atomic E-state index is 13.2. The normalized spacial score (nSPS) is 13.1. The lowest BCUT2D eigenvalue weighted by molar-refractivity contribution is 0.104. The first kappa shape index (κ1) is 14.2. The molecule has 0 saturated carbocycles. The van der Waals surface area contributed by atoms with Crippen LogP contribution in [-0.4, -0.2) is 15.8 Å². The number of para-hydroxylation sites is 2. The van der Waals surface area contributed by atoms with Crippen molar-refractivity contribution in [3.05, 3.63) is 83.9 Å². The molecule has 0 bridgehead atoms. The van der Waals surface area contributed by atoms with Crippen molar-refractivity contribution in [1.29, 1.82) is 0 Å². The third kappa shape index (κ3) is 1.54. The second kappa shape index (κ2) is 4.70. The maximum Gasteiger partial charge on any atom is 0.194 e. The predicted molar refractivity (Wildman–Crippen MR) is 114 cm³/mol. The van der Waals surface area contributed by atoms with Crippen LogP contribution in [0.2, 0.25) is 0 Å². The fourth-order valence-electron chi connectivity index (χ4n) is 4.88. The first-order valence-electron chi connectivity index (χ1n) is 9.43. The Morgan fingerprint density at radius 1 is 0.500 bits per heavy atom. The molecular weight excluding hydrogens is 344 g/mol. The van der Waals surface area contributed by atoms with Gasteiger partial charge in [-0.15, -0.1) is 0 Å². The highest BCUT2D eigenvalue weighted by Crippen LogP contribution is 2.46. The molecule has 4 aromatic carbocycles. The molecule has 0 spiro atoms. The monoisotopic (exact) mass is 358 g/mol. The Morgan fingerprint density at radius 3 is 1.46 bits per heavy atom. The molecule has 0 fully saturated rings. The summed E-state index contributed by atoms with van der Waals surface area (Å²) in [6, 6.07) is 24.7. The maximum absolute atomic E-state index is 13.2. The molecule has 0 aliphatic heterocycles. The number of benzene rings is 4. The van der Waals surface area contributed by atoms with Gasteiger partial charge in [-0.05, 0) is 24.3 Å². The van der Waals surface area contributed by atoms with Crippen LogP contribution in [0.5, 0.6) is 0 Å². The third-order valence-electron chi connectivity index (χ3n) is 6.10. The van der Waals surface area contributed by atoms with E-state index in [4.69, 9.17) is 0 Å². The number of carbonyl (C=O) groups is 1. The lowest BCUT2D eigenvalue weighted by Gasteiger charge is -2.04. The van der Waals surface area contributed by atoms with Crippen LogP contribution in [0.15, 0.2) is 72.8 Å². The van der Waals surface area contributed by atoms with Gasteiger partial charge in [-0.2, -0.15) is 0 Å². The number of hydrogen-bond donors (Lipinski definition) is 2. The SMILES string of the molecule is O=C1c2ccc3c([nH]c4ccccc43)c2-c2c1ccc1c2[nH]c2ccccc21. The van der Waals surface area contributed by atoms with Gasteiger partial charge in [-0.3, -0.25) is 4.79 Å². The summed E-state index contributed by atoms with van der Waals surface area (Å²) in [6.45, 7) is 0. The third-order valence-corrected chi connectivity index (χ3v) is 6.10. The molecule has 2 heterocycles. The predicted octanol–water partition coefficient (Wildman–Crippen LogP) is 6.17. The van der Waals surface area contributed by atoms with E-state index in [1.807, 2.05) is 24.3 Å². The Hall–Kier alpha value is -3.85. The molecule has 6 aromatic rings. The largest absolute Gasteiger partial charge is 0.354 e.